The highest BCUT2D eigenvalue weighted by Crippen LogP contribution is 2.33. The molecule has 22 heavy (non-hydrogen) atoms. The highest BCUT2D eigenvalue weighted by atomic mass is 79.9. The predicted octanol–water partition coefficient (Wildman–Crippen LogP) is 4.64. The second kappa shape index (κ2) is 5.07. The van der Waals surface area contributed by atoms with Crippen LogP contribution in [-0.2, 0) is 0 Å². The Morgan fingerprint density at radius 2 is 1.64 bits per heavy atom. The molecule has 106 valence electrons. The van der Waals surface area contributed by atoms with Gasteiger partial charge in [-0.15, -0.1) is 0 Å². The number of hydrogen-bond donors (Lipinski definition) is 0. The minimum atomic E-state index is -0.0551. The molecule has 4 heteroatoms. The Kier molecular flexibility index (Phi) is 3.05. The quantitative estimate of drug-likeness (QED) is 0.501. The summed E-state index contributed by atoms with van der Waals surface area (Å²) in [5.41, 5.74) is 2.42. The maximum absolute atomic E-state index is 13.0. The maximum Gasteiger partial charge on any atom is 0.263 e. The highest BCUT2D eigenvalue weighted by molar-refractivity contribution is 9.10. The fourth-order valence-electron chi connectivity index (χ4n) is 2.81. The third-order valence-corrected chi connectivity index (χ3v) is 4.42. The van der Waals surface area contributed by atoms with Crippen LogP contribution in [0.1, 0.15) is 10.4 Å². The molecule has 0 aliphatic carbocycles. The van der Waals surface area contributed by atoms with Crippen LogP contribution in [-0.4, -0.2) is 15.5 Å². The zero-order chi connectivity index (χ0) is 15.1. The van der Waals surface area contributed by atoms with Gasteiger partial charge in [0.1, 0.15) is 0 Å². The van der Waals surface area contributed by atoms with Gasteiger partial charge >= 0.3 is 0 Å². The minimum absolute atomic E-state index is 0.0551. The number of benzene rings is 2. The van der Waals surface area contributed by atoms with Gasteiger partial charge in [0, 0.05) is 33.2 Å². The topological polar surface area (TPSA) is 34.9 Å². The summed E-state index contributed by atoms with van der Waals surface area (Å²) >= 11 is 3.58. The Balaban J connectivity index is 2.13. The summed E-state index contributed by atoms with van der Waals surface area (Å²) in [4.78, 5) is 17.0. The summed E-state index contributed by atoms with van der Waals surface area (Å²) in [6.45, 7) is 0. The van der Waals surface area contributed by atoms with Gasteiger partial charge in [0.2, 0.25) is 0 Å². The van der Waals surface area contributed by atoms with Crippen LogP contribution in [0.5, 0.6) is 0 Å². The number of carbonyl (C=O) groups is 1. The van der Waals surface area contributed by atoms with Crippen molar-refractivity contribution in [2.75, 3.05) is 0 Å². The number of fused-ring (bicyclic) bond motifs is 3. The summed E-state index contributed by atoms with van der Waals surface area (Å²) < 4.78 is 2.67. The molecule has 3 nitrogen and oxygen atoms in total. The average molecular weight is 351 g/mol. The van der Waals surface area contributed by atoms with Gasteiger partial charge in [-0.3, -0.25) is 14.3 Å². The van der Waals surface area contributed by atoms with Crippen molar-refractivity contribution < 1.29 is 4.79 Å². The summed E-state index contributed by atoms with van der Waals surface area (Å²) in [5, 5.41) is 2.13. The van der Waals surface area contributed by atoms with Crippen LogP contribution in [0.4, 0.5) is 0 Å². The van der Waals surface area contributed by atoms with Crippen molar-refractivity contribution in [2.24, 2.45) is 0 Å². The highest BCUT2D eigenvalue weighted by Gasteiger charge is 2.18. The van der Waals surface area contributed by atoms with Crippen LogP contribution >= 0.6 is 15.9 Å². The lowest BCUT2D eigenvalue weighted by atomic mass is 10.2. The van der Waals surface area contributed by atoms with Gasteiger partial charge in [0.05, 0.1) is 11.0 Å². The molecule has 2 heterocycles. The van der Waals surface area contributed by atoms with Crippen LogP contribution in [0.3, 0.4) is 0 Å². The first-order valence-corrected chi connectivity index (χ1v) is 7.69. The first-order valence-electron chi connectivity index (χ1n) is 6.90. The van der Waals surface area contributed by atoms with Crippen molar-refractivity contribution in [1.82, 2.24) is 9.55 Å². The van der Waals surface area contributed by atoms with E-state index in [0.717, 1.165) is 26.3 Å². The molecule has 2 aromatic carbocycles. The first kappa shape index (κ1) is 13.2. The van der Waals surface area contributed by atoms with E-state index in [9.17, 15) is 4.79 Å². The average Bonchev–Trinajstić information content (AvgIpc) is 2.91. The first-order chi connectivity index (χ1) is 10.8. The molecule has 0 aliphatic rings. The molecule has 0 aliphatic heterocycles. The van der Waals surface area contributed by atoms with E-state index in [-0.39, 0.29) is 5.91 Å². The second-order valence-electron chi connectivity index (χ2n) is 5.03. The van der Waals surface area contributed by atoms with E-state index in [4.69, 9.17) is 0 Å². The van der Waals surface area contributed by atoms with Crippen LogP contribution in [0.25, 0.3) is 21.8 Å². The molecule has 0 amide bonds. The molecule has 0 bridgehead atoms. The van der Waals surface area contributed by atoms with Crippen molar-refractivity contribution in [1.29, 1.82) is 0 Å². The zero-order valence-corrected chi connectivity index (χ0v) is 13.1. The number of rotatable bonds is 1. The Morgan fingerprint density at radius 1 is 0.909 bits per heavy atom. The van der Waals surface area contributed by atoms with Gasteiger partial charge in [-0.25, -0.2) is 0 Å². The number of aromatic nitrogens is 2. The molecular weight excluding hydrogens is 340 g/mol. The summed E-state index contributed by atoms with van der Waals surface area (Å²) in [6, 6.07) is 17.4. The van der Waals surface area contributed by atoms with Crippen molar-refractivity contribution >= 4 is 43.6 Å². The Morgan fingerprint density at radius 3 is 2.45 bits per heavy atom. The van der Waals surface area contributed by atoms with Gasteiger partial charge in [-0.05, 0) is 40.2 Å². The third kappa shape index (κ3) is 1.88. The molecule has 4 rings (SSSR count). The molecule has 0 fully saturated rings. The van der Waals surface area contributed by atoms with Crippen LogP contribution in [0.2, 0.25) is 0 Å². The monoisotopic (exact) mass is 350 g/mol. The Labute approximate surface area is 135 Å². The predicted molar refractivity (Wildman–Crippen MR) is 91.1 cm³/mol. The van der Waals surface area contributed by atoms with Crippen LogP contribution < -0.4 is 0 Å². The molecule has 2 aromatic heterocycles. The number of nitrogens with zero attached hydrogens (tertiary/aromatic N) is 2. The fourth-order valence-corrected chi connectivity index (χ4v) is 3.35. The Bertz CT molecular complexity index is 1010. The van der Waals surface area contributed by atoms with Gasteiger partial charge in [-0.1, -0.05) is 30.3 Å². The smallest absolute Gasteiger partial charge is 0.263 e. The molecule has 4 aromatic rings. The summed E-state index contributed by atoms with van der Waals surface area (Å²) in [6.07, 6.45) is 3.27. The standard InChI is InChI=1S/C18H11BrN2O/c19-15-6-3-5-14-13-4-1-2-7-16(13)21(17(14)15)18(22)12-8-10-20-11-9-12/h1-11H. The molecule has 0 unspecified atom stereocenters. The lowest BCUT2D eigenvalue weighted by Crippen LogP contribution is -2.11. The molecule has 0 spiro atoms. The van der Waals surface area contributed by atoms with E-state index in [1.807, 2.05) is 42.5 Å². The van der Waals surface area contributed by atoms with E-state index in [1.165, 1.54) is 0 Å². The van der Waals surface area contributed by atoms with Crippen molar-refractivity contribution in [3.63, 3.8) is 0 Å². The minimum Gasteiger partial charge on any atom is -0.275 e. The summed E-state index contributed by atoms with van der Waals surface area (Å²) in [5.74, 6) is -0.0551. The normalized spacial score (nSPS) is 11.1. The van der Waals surface area contributed by atoms with E-state index in [0.29, 0.717) is 5.56 Å². The van der Waals surface area contributed by atoms with Crippen molar-refractivity contribution in [2.45, 2.75) is 0 Å². The van der Waals surface area contributed by atoms with E-state index < -0.39 is 0 Å². The fraction of sp³-hybridized carbons (Fsp3) is 0. The Hall–Kier alpha value is -2.46. The van der Waals surface area contributed by atoms with Gasteiger partial charge in [0.15, 0.2) is 0 Å². The SMILES string of the molecule is O=C(c1ccncc1)n1c2ccccc2c2cccc(Br)c21. The van der Waals surface area contributed by atoms with Crippen molar-refractivity contribution in [3.8, 4) is 0 Å². The zero-order valence-electron chi connectivity index (χ0n) is 11.5. The molecular formula is C18H11BrN2O. The molecule has 0 N–H and O–H groups in total. The van der Waals surface area contributed by atoms with Crippen LogP contribution in [0, 0.1) is 0 Å². The number of para-hydroxylation sites is 2. The lowest BCUT2D eigenvalue weighted by molar-refractivity contribution is 0.0969. The molecule has 0 saturated heterocycles. The van der Waals surface area contributed by atoms with Gasteiger partial charge < -0.3 is 0 Å². The van der Waals surface area contributed by atoms with E-state index in [2.05, 4.69) is 20.9 Å². The third-order valence-electron chi connectivity index (χ3n) is 3.78. The number of hydrogen-bond acceptors (Lipinski definition) is 2. The number of halogens is 1. The number of pyridine rings is 1. The maximum atomic E-state index is 13.0. The van der Waals surface area contributed by atoms with E-state index in [1.54, 1.807) is 29.1 Å². The van der Waals surface area contributed by atoms with Crippen molar-refractivity contribution in [3.05, 3.63) is 77.0 Å². The number of carbonyl (C=O) groups excluding carboxylic acids is 1. The largest absolute Gasteiger partial charge is 0.275 e. The van der Waals surface area contributed by atoms with Crippen LogP contribution in [0.15, 0.2) is 71.5 Å². The van der Waals surface area contributed by atoms with E-state index >= 15 is 0 Å². The summed E-state index contributed by atoms with van der Waals surface area (Å²) in [7, 11) is 0. The molecule has 0 atom stereocenters. The second-order valence-corrected chi connectivity index (χ2v) is 5.88. The molecule has 0 radical (unpaired) electrons. The molecule has 0 saturated carbocycles. The van der Waals surface area contributed by atoms with Gasteiger partial charge in [0.25, 0.3) is 5.91 Å². The van der Waals surface area contributed by atoms with Gasteiger partial charge in [-0.2, -0.15) is 0 Å². The lowest BCUT2D eigenvalue weighted by Gasteiger charge is -2.07.